The summed E-state index contributed by atoms with van der Waals surface area (Å²) >= 11 is 0. The van der Waals surface area contributed by atoms with Crippen LogP contribution in [0.5, 0.6) is 0 Å². The summed E-state index contributed by atoms with van der Waals surface area (Å²) in [7, 11) is 1.97. The SMILES string of the molecule is CNC/C(C)=C/C1CCOC1. The molecule has 2 nitrogen and oxygen atoms in total. The van der Waals surface area contributed by atoms with E-state index in [-0.39, 0.29) is 0 Å². The smallest absolute Gasteiger partial charge is 0.0529 e. The van der Waals surface area contributed by atoms with E-state index >= 15 is 0 Å². The molecule has 0 aromatic heterocycles. The van der Waals surface area contributed by atoms with Crippen LogP contribution in [0.15, 0.2) is 11.6 Å². The molecule has 0 aromatic rings. The van der Waals surface area contributed by atoms with E-state index in [4.69, 9.17) is 4.74 Å². The van der Waals surface area contributed by atoms with Crippen molar-refractivity contribution in [3.05, 3.63) is 11.6 Å². The molecular weight excluding hydrogens is 138 g/mol. The van der Waals surface area contributed by atoms with Crippen LogP contribution in [-0.2, 0) is 4.74 Å². The Labute approximate surface area is 68.6 Å². The first-order valence-electron chi connectivity index (χ1n) is 4.22. The van der Waals surface area contributed by atoms with E-state index in [0.29, 0.717) is 5.92 Å². The van der Waals surface area contributed by atoms with Gasteiger partial charge in [0.15, 0.2) is 0 Å². The van der Waals surface area contributed by atoms with Crippen LogP contribution in [0.25, 0.3) is 0 Å². The van der Waals surface area contributed by atoms with Gasteiger partial charge in [0.25, 0.3) is 0 Å². The quantitative estimate of drug-likeness (QED) is 0.618. The van der Waals surface area contributed by atoms with Gasteiger partial charge < -0.3 is 10.1 Å². The molecule has 1 N–H and O–H groups in total. The number of rotatable bonds is 3. The summed E-state index contributed by atoms with van der Waals surface area (Å²) in [5.41, 5.74) is 1.42. The van der Waals surface area contributed by atoms with E-state index in [0.717, 1.165) is 19.8 Å². The molecule has 1 atom stereocenters. The molecule has 0 bridgehead atoms. The summed E-state index contributed by atoms with van der Waals surface area (Å²) in [6.07, 6.45) is 3.52. The van der Waals surface area contributed by atoms with Crippen molar-refractivity contribution in [1.82, 2.24) is 5.32 Å². The molecule has 1 rings (SSSR count). The van der Waals surface area contributed by atoms with Crippen LogP contribution < -0.4 is 5.32 Å². The molecule has 2 heteroatoms. The largest absolute Gasteiger partial charge is 0.381 e. The molecule has 1 aliphatic rings. The third-order valence-corrected chi connectivity index (χ3v) is 1.94. The van der Waals surface area contributed by atoms with E-state index in [1.165, 1.54) is 12.0 Å². The minimum absolute atomic E-state index is 0.670. The summed E-state index contributed by atoms with van der Waals surface area (Å²) in [5.74, 6) is 0.670. The van der Waals surface area contributed by atoms with Gasteiger partial charge in [-0.1, -0.05) is 11.6 Å². The Balaban J connectivity index is 2.30. The molecule has 1 saturated heterocycles. The highest BCUT2D eigenvalue weighted by atomic mass is 16.5. The van der Waals surface area contributed by atoms with E-state index in [9.17, 15) is 0 Å². The van der Waals surface area contributed by atoms with Crippen molar-refractivity contribution in [1.29, 1.82) is 0 Å². The summed E-state index contributed by atoms with van der Waals surface area (Å²) in [4.78, 5) is 0. The van der Waals surface area contributed by atoms with Crippen LogP contribution in [0.1, 0.15) is 13.3 Å². The fraction of sp³-hybridized carbons (Fsp3) is 0.778. The first-order chi connectivity index (χ1) is 5.33. The molecule has 11 heavy (non-hydrogen) atoms. The highest BCUT2D eigenvalue weighted by molar-refractivity contribution is 5.03. The Bertz CT molecular complexity index is 136. The lowest BCUT2D eigenvalue weighted by Gasteiger charge is -2.03. The van der Waals surface area contributed by atoms with E-state index < -0.39 is 0 Å². The van der Waals surface area contributed by atoms with Gasteiger partial charge in [-0.25, -0.2) is 0 Å². The maximum Gasteiger partial charge on any atom is 0.0529 e. The van der Waals surface area contributed by atoms with Gasteiger partial charge in [0.05, 0.1) is 6.61 Å². The molecule has 1 heterocycles. The van der Waals surface area contributed by atoms with Gasteiger partial charge >= 0.3 is 0 Å². The van der Waals surface area contributed by atoms with Gasteiger partial charge in [0, 0.05) is 19.1 Å². The monoisotopic (exact) mass is 155 g/mol. The second kappa shape index (κ2) is 4.52. The average Bonchev–Trinajstić information content (AvgIpc) is 2.40. The van der Waals surface area contributed by atoms with Gasteiger partial charge in [0.1, 0.15) is 0 Å². The predicted octanol–water partition coefficient (Wildman–Crippen LogP) is 1.19. The van der Waals surface area contributed by atoms with Crippen LogP contribution >= 0.6 is 0 Å². The van der Waals surface area contributed by atoms with E-state index in [1.807, 2.05) is 7.05 Å². The zero-order valence-electron chi connectivity index (χ0n) is 7.39. The molecule has 0 aromatic carbocycles. The number of hydrogen-bond acceptors (Lipinski definition) is 2. The lowest BCUT2D eigenvalue weighted by atomic mass is 10.1. The van der Waals surface area contributed by atoms with Crippen molar-refractivity contribution in [2.45, 2.75) is 13.3 Å². The molecule has 1 aliphatic heterocycles. The van der Waals surface area contributed by atoms with Gasteiger partial charge in [-0.15, -0.1) is 0 Å². The molecule has 0 radical (unpaired) electrons. The average molecular weight is 155 g/mol. The second-order valence-electron chi connectivity index (χ2n) is 3.17. The lowest BCUT2D eigenvalue weighted by Crippen LogP contribution is -2.09. The maximum absolute atomic E-state index is 5.27. The number of ether oxygens (including phenoxy) is 1. The highest BCUT2D eigenvalue weighted by Gasteiger charge is 2.12. The fourth-order valence-electron chi connectivity index (χ4n) is 1.42. The maximum atomic E-state index is 5.27. The first-order valence-corrected chi connectivity index (χ1v) is 4.22. The zero-order chi connectivity index (χ0) is 8.10. The van der Waals surface area contributed by atoms with Crippen LogP contribution in [0.3, 0.4) is 0 Å². The Morgan fingerprint density at radius 2 is 2.55 bits per heavy atom. The third kappa shape index (κ3) is 3.04. The topological polar surface area (TPSA) is 21.3 Å². The van der Waals surface area contributed by atoms with Crippen molar-refractivity contribution in [2.24, 2.45) is 5.92 Å². The lowest BCUT2D eigenvalue weighted by molar-refractivity contribution is 0.191. The van der Waals surface area contributed by atoms with Gasteiger partial charge in [-0.3, -0.25) is 0 Å². The second-order valence-corrected chi connectivity index (χ2v) is 3.17. The summed E-state index contributed by atoms with van der Waals surface area (Å²) < 4.78 is 5.27. The van der Waals surface area contributed by atoms with Gasteiger partial charge in [0.2, 0.25) is 0 Å². The summed E-state index contributed by atoms with van der Waals surface area (Å²) in [6, 6.07) is 0. The van der Waals surface area contributed by atoms with Crippen molar-refractivity contribution in [2.75, 3.05) is 26.8 Å². The number of nitrogens with one attached hydrogen (secondary N) is 1. The molecule has 0 amide bonds. The predicted molar refractivity (Wildman–Crippen MR) is 46.6 cm³/mol. The van der Waals surface area contributed by atoms with Crippen molar-refractivity contribution < 1.29 is 4.74 Å². The minimum atomic E-state index is 0.670. The number of hydrogen-bond donors (Lipinski definition) is 1. The molecule has 0 aliphatic carbocycles. The standard InChI is InChI=1S/C9H17NO/c1-8(6-10-2)5-9-3-4-11-7-9/h5,9-10H,3-4,6-7H2,1-2H3/b8-5+. The van der Waals surface area contributed by atoms with Crippen LogP contribution in [0.4, 0.5) is 0 Å². The normalized spacial score (nSPS) is 26.0. The zero-order valence-corrected chi connectivity index (χ0v) is 7.39. The van der Waals surface area contributed by atoms with Crippen molar-refractivity contribution in [3.63, 3.8) is 0 Å². The van der Waals surface area contributed by atoms with Crippen LogP contribution in [-0.4, -0.2) is 26.8 Å². The van der Waals surface area contributed by atoms with Crippen LogP contribution in [0, 0.1) is 5.92 Å². The Morgan fingerprint density at radius 1 is 1.73 bits per heavy atom. The van der Waals surface area contributed by atoms with E-state index in [2.05, 4.69) is 18.3 Å². The van der Waals surface area contributed by atoms with E-state index in [1.54, 1.807) is 0 Å². The van der Waals surface area contributed by atoms with Gasteiger partial charge in [-0.05, 0) is 20.4 Å². The Morgan fingerprint density at radius 3 is 3.09 bits per heavy atom. The number of likely N-dealkylation sites (N-methyl/N-ethyl adjacent to an activating group) is 1. The molecule has 0 spiro atoms. The van der Waals surface area contributed by atoms with Gasteiger partial charge in [-0.2, -0.15) is 0 Å². The summed E-state index contributed by atoms with van der Waals surface area (Å²) in [6.45, 7) is 5.01. The molecule has 64 valence electrons. The summed E-state index contributed by atoms with van der Waals surface area (Å²) in [5, 5.41) is 3.13. The highest BCUT2D eigenvalue weighted by Crippen LogP contribution is 2.14. The fourth-order valence-corrected chi connectivity index (χ4v) is 1.42. The molecule has 0 saturated carbocycles. The Hall–Kier alpha value is -0.340. The molecular formula is C9H17NO. The Kier molecular flexibility index (Phi) is 3.60. The van der Waals surface area contributed by atoms with Crippen LogP contribution in [0.2, 0.25) is 0 Å². The molecule has 1 fully saturated rings. The van der Waals surface area contributed by atoms with Crippen molar-refractivity contribution in [3.8, 4) is 0 Å². The van der Waals surface area contributed by atoms with Crippen molar-refractivity contribution >= 4 is 0 Å². The molecule has 1 unspecified atom stereocenters. The first kappa shape index (κ1) is 8.75. The minimum Gasteiger partial charge on any atom is -0.381 e. The third-order valence-electron chi connectivity index (χ3n) is 1.94.